The molecule has 98 valence electrons. The molecule has 0 rings (SSSR count). The first kappa shape index (κ1) is 16.4. The van der Waals surface area contributed by atoms with E-state index >= 15 is 0 Å². The maximum absolute atomic E-state index is 2.22. The molecular formula is C18H26. The van der Waals surface area contributed by atoms with Gasteiger partial charge in [0.05, 0.1) is 0 Å². The van der Waals surface area contributed by atoms with Crippen molar-refractivity contribution >= 4 is 0 Å². The molecule has 0 atom stereocenters. The summed E-state index contributed by atoms with van der Waals surface area (Å²) in [6.45, 7) is 10.5. The first-order valence-corrected chi connectivity index (χ1v) is 6.59. The molecule has 0 aliphatic rings. The fourth-order valence-corrected chi connectivity index (χ4v) is 1.47. The summed E-state index contributed by atoms with van der Waals surface area (Å²) in [7, 11) is 0. The first-order chi connectivity index (χ1) is 8.60. The maximum Gasteiger partial charge on any atom is -0.0374 e. The Morgan fingerprint density at radius 1 is 0.778 bits per heavy atom. The Morgan fingerprint density at radius 3 is 1.78 bits per heavy atom. The van der Waals surface area contributed by atoms with Gasteiger partial charge >= 0.3 is 0 Å². The highest BCUT2D eigenvalue weighted by Gasteiger charge is 1.80. The van der Waals surface area contributed by atoms with Crippen molar-refractivity contribution in [3.63, 3.8) is 0 Å². The second-order valence-electron chi connectivity index (χ2n) is 4.40. The minimum Gasteiger partial charge on any atom is -0.0874 e. The summed E-state index contributed by atoms with van der Waals surface area (Å²) in [6, 6.07) is 0. The molecule has 0 radical (unpaired) electrons. The van der Waals surface area contributed by atoms with Gasteiger partial charge in [-0.15, -0.1) is 0 Å². The minimum absolute atomic E-state index is 1.09. The molecular weight excluding hydrogens is 216 g/mol. The molecule has 0 aromatic carbocycles. The van der Waals surface area contributed by atoms with Crippen molar-refractivity contribution in [2.75, 3.05) is 0 Å². The average Bonchev–Trinajstić information content (AvgIpc) is 2.29. The van der Waals surface area contributed by atoms with Crippen molar-refractivity contribution in [3.05, 3.63) is 71.4 Å². The van der Waals surface area contributed by atoms with Crippen LogP contribution in [0.4, 0.5) is 0 Å². The third kappa shape index (κ3) is 9.65. The van der Waals surface area contributed by atoms with E-state index in [-0.39, 0.29) is 0 Å². The third-order valence-electron chi connectivity index (χ3n) is 2.39. The van der Waals surface area contributed by atoms with E-state index in [4.69, 9.17) is 0 Å². The van der Waals surface area contributed by atoms with Crippen LogP contribution in [-0.4, -0.2) is 0 Å². The minimum atomic E-state index is 1.09. The summed E-state index contributed by atoms with van der Waals surface area (Å²) in [5, 5.41) is 0. The van der Waals surface area contributed by atoms with Gasteiger partial charge in [-0.25, -0.2) is 0 Å². The molecule has 0 fully saturated rings. The Kier molecular flexibility index (Phi) is 9.67. The summed E-state index contributed by atoms with van der Waals surface area (Å²) >= 11 is 0. The molecule has 0 bridgehead atoms. The third-order valence-corrected chi connectivity index (χ3v) is 2.39. The zero-order chi connectivity index (χ0) is 13.8. The van der Waals surface area contributed by atoms with Crippen LogP contribution in [0.5, 0.6) is 0 Å². The smallest absolute Gasteiger partial charge is 0.0374 e. The van der Waals surface area contributed by atoms with Crippen LogP contribution < -0.4 is 0 Å². The van der Waals surface area contributed by atoms with E-state index in [9.17, 15) is 0 Å². The van der Waals surface area contributed by atoms with Crippen LogP contribution in [0.3, 0.4) is 0 Å². The lowest BCUT2D eigenvalue weighted by Gasteiger charge is -1.90. The van der Waals surface area contributed by atoms with Crippen molar-refractivity contribution in [2.45, 2.75) is 41.0 Å². The van der Waals surface area contributed by atoms with Gasteiger partial charge < -0.3 is 0 Å². The lowest BCUT2D eigenvalue weighted by molar-refractivity contribution is 1.20. The van der Waals surface area contributed by atoms with Crippen molar-refractivity contribution in [1.29, 1.82) is 0 Å². The standard InChI is InChI=1S/C18H26/c1-6-10-16(3)12-8-14-18(5)15-9-13-17(4)11-7-2/h6,8-15H,7H2,1-5H3/b10-6-,13-9+,14-8+,16-12+,17-11+,18-15+. The molecule has 0 saturated heterocycles. The number of allylic oxidation sites excluding steroid dienone is 12. The highest BCUT2D eigenvalue weighted by molar-refractivity contribution is 5.29. The quantitative estimate of drug-likeness (QED) is 0.507. The summed E-state index contributed by atoms with van der Waals surface area (Å²) in [5.41, 5.74) is 3.83. The van der Waals surface area contributed by atoms with Gasteiger partial charge in [0, 0.05) is 0 Å². The highest BCUT2D eigenvalue weighted by atomic mass is 13.9. The van der Waals surface area contributed by atoms with Crippen LogP contribution in [-0.2, 0) is 0 Å². The molecule has 0 aromatic rings. The van der Waals surface area contributed by atoms with Crippen LogP contribution in [0.15, 0.2) is 71.4 Å². The molecule has 0 unspecified atom stereocenters. The zero-order valence-corrected chi connectivity index (χ0v) is 12.4. The van der Waals surface area contributed by atoms with Gasteiger partial charge in [-0.3, -0.25) is 0 Å². The highest BCUT2D eigenvalue weighted by Crippen LogP contribution is 2.01. The largest absolute Gasteiger partial charge is 0.0874 e. The van der Waals surface area contributed by atoms with E-state index in [2.05, 4.69) is 76.3 Å². The maximum atomic E-state index is 2.22. The molecule has 0 heteroatoms. The second-order valence-corrected chi connectivity index (χ2v) is 4.40. The Bertz CT molecular complexity index is 396. The molecule has 0 nitrogen and oxygen atoms in total. The van der Waals surface area contributed by atoms with Crippen LogP contribution in [0.25, 0.3) is 0 Å². The second kappa shape index (κ2) is 10.6. The van der Waals surface area contributed by atoms with Gasteiger partial charge in [-0.1, -0.05) is 78.3 Å². The molecule has 0 aliphatic heterocycles. The van der Waals surface area contributed by atoms with E-state index in [0.717, 1.165) is 6.42 Å². The molecule has 0 spiro atoms. The molecule has 0 N–H and O–H groups in total. The average molecular weight is 242 g/mol. The first-order valence-electron chi connectivity index (χ1n) is 6.59. The Balaban J connectivity index is 4.41. The summed E-state index contributed by atoms with van der Waals surface area (Å²) in [4.78, 5) is 0. The van der Waals surface area contributed by atoms with Gasteiger partial charge in [0.15, 0.2) is 0 Å². The molecule has 0 aromatic heterocycles. The molecule has 0 aliphatic carbocycles. The van der Waals surface area contributed by atoms with Crippen LogP contribution in [0, 0.1) is 0 Å². The fourth-order valence-electron chi connectivity index (χ4n) is 1.47. The normalized spacial score (nSPS) is 15.5. The predicted octanol–water partition coefficient (Wildman–Crippen LogP) is 5.92. The fraction of sp³-hybridized carbons (Fsp3) is 0.333. The van der Waals surface area contributed by atoms with Gasteiger partial charge in [0.2, 0.25) is 0 Å². The molecule has 18 heavy (non-hydrogen) atoms. The van der Waals surface area contributed by atoms with Gasteiger partial charge in [-0.2, -0.15) is 0 Å². The van der Waals surface area contributed by atoms with Crippen LogP contribution in [0.2, 0.25) is 0 Å². The van der Waals surface area contributed by atoms with E-state index in [1.54, 1.807) is 0 Å². The van der Waals surface area contributed by atoms with Gasteiger partial charge in [0.25, 0.3) is 0 Å². The lowest BCUT2D eigenvalue weighted by atomic mass is 10.2. The van der Waals surface area contributed by atoms with E-state index in [1.165, 1.54) is 16.7 Å². The summed E-state index contributed by atoms with van der Waals surface area (Å²) < 4.78 is 0. The van der Waals surface area contributed by atoms with E-state index in [0.29, 0.717) is 0 Å². The monoisotopic (exact) mass is 242 g/mol. The Labute approximate surface area is 113 Å². The Morgan fingerprint density at radius 2 is 1.28 bits per heavy atom. The zero-order valence-electron chi connectivity index (χ0n) is 12.4. The van der Waals surface area contributed by atoms with Gasteiger partial charge in [0.1, 0.15) is 0 Å². The van der Waals surface area contributed by atoms with Crippen LogP contribution >= 0.6 is 0 Å². The lowest BCUT2D eigenvalue weighted by Crippen LogP contribution is -1.69. The van der Waals surface area contributed by atoms with Crippen molar-refractivity contribution in [3.8, 4) is 0 Å². The summed E-state index contributed by atoms with van der Waals surface area (Å²) in [6.07, 6.45) is 20.2. The number of hydrogen-bond donors (Lipinski definition) is 0. The van der Waals surface area contributed by atoms with Crippen molar-refractivity contribution < 1.29 is 0 Å². The summed E-state index contributed by atoms with van der Waals surface area (Å²) in [5.74, 6) is 0. The van der Waals surface area contributed by atoms with Crippen LogP contribution in [0.1, 0.15) is 41.0 Å². The number of rotatable bonds is 6. The van der Waals surface area contributed by atoms with Crippen molar-refractivity contribution in [1.82, 2.24) is 0 Å². The molecule has 0 amide bonds. The Hall–Kier alpha value is -1.56. The predicted molar refractivity (Wildman–Crippen MR) is 84.7 cm³/mol. The number of hydrogen-bond acceptors (Lipinski definition) is 0. The SMILES string of the molecule is C\C=C/C(C)=C/C=C/C(C)=C/C=C/C(C)=C/CC. The van der Waals surface area contributed by atoms with Crippen molar-refractivity contribution in [2.24, 2.45) is 0 Å². The topological polar surface area (TPSA) is 0 Å². The molecule has 0 saturated carbocycles. The molecule has 0 heterocycles. The van der Waals surface area contributed by atoms with E-state index in [1.807, 2.05) is 13.0 Å². The van der Waals surface area contributed by atoms with Gasteiger partial charge in [-0.05, 0) is 34.1 Å². The van der Waals surface area contributed by atoms with E-state index < -0.39 is 0 Å².